The van der Waals surface area contributed by atoms with Crippen LogP contribution in [0.15, 0.2) is 77.6 Å². The van der Waals surface area contributed by atoms with Gasteiger partial charge in [0, 0.05) is 42.3 Å². The molecule has 0 N–H and O–H groups in total. The van der Waals surface area contributed by atoms with Gasteiger partial charge >= 0.3 is 6.18 Å². The summed E-state index contributed by atoms with van der Waals surface area (Å²) in [5.74, 6) is 0.555. The Morgan fingerprint density at radius 2 is 1.47 bits per heavy atom. The molecule has 3 aromatic carbocycles. The molecule has 1 aliphatic carbocycles. The third-order valence-electron chi connectivity index (χ3n) is 8.96. The number of halogens is 4. The lowest BCUT2D eigenvalue weighted by molar-refractivity contribution is -0.137. The number of benzene rings is 3. The predicted octanol–water partition coefficient (Wildman–Crippen LogP) is 7.23. The van der Waals surface area contributed by atoms with E-state index in [0.29, 0.717) is 60.9 Å². The number of amides is 1. The van der Waals surface area contributed by atoms with Crippen LogP contribution in [0.4, 0.5) is 13.2 Å². The van der Waals surface area contributed by atoms with Crippen molar-refractivity contribution in [2.24, 2.45) is 0 Å². The van der Waals surface area contributed by atoms with Gasteiger partial charge in [-0.2, -0.15) is 18.2 Å². The summed E-state index contributed by atoms with van der Waals surface area (Å²) in [6.07, 6.45) is -0.941. The molecule has 4 aromatic rings. The molecule has 5 rings (SSSR count). The summed E-state index contributed by atoms with van der Waals surface area (Å²) >= 11 is 6.06. The first-order valence-electron chi connectivity index (χ1n) is 16.2. The zero-order valence-corrected chi connectivity index (χ0v) is 27.6. The van der Waals surface area contributed by atoms with Crippen molar-refractivity contribution < 1.29 is 18.0 Å². The normalized spacial score (nSPS) is 12.8. The molecule has 0 unspecified atom stereocenters. The minimum Gasteiger partial charge on any atom is -0.336 e. The fourth-order valence-electron chi connectivity index (χ4n) is 6.15. The molecule has 0 fully saturated rings. The second-order valence-electron chi connectivity index (χ2n) is 11.9. The fraction of sp³-hybridized carbons (Fsp3) is 0.378. The number of carbonyl (C=O) groups is 1. The first-order chi connectivity index (χ1) is 22.5. The molecule has 248 valence electrons. The Kier molecular flexibility index (Phi) is 11.2. The van der Waals surface area contributed by atoms with E-state index >= 15 is 0 Å². The van der Waals surface area contributed by atoms with Crippen molar-refractivity contribution >= 4 is 17.5 Å². The van der Waals surface area contributed by atoms with Gasteiger partial charge in [-0.1, -0.05) is 74.0 Å². The lowest BCUT2D eigenvalue weighted by Crippen LogP contribution is -2.40. The van der Waals surface area contributed by atoms with Crippen LogP contribution in [0.25, 0.3) is 11.1 Å². The molecule has 0 radical (unpaired) electrons. The summed E-state index contributed by atoms with van der Waals surface area (Å²) < 4.78 is 41.0. The number of likely N-dealkylation sites (N-methyl/N-ethyl adjacent to an activating group) is 1. The van der Waals surface area contributed by atoms with Gasteiger partial charge in [-0.15, -0.1) is 0 Å². The molecule has 10 heteroatoms. The van der Waals surface area contributed by atoms with Crippen LogP contribution < -0.4 is 5.56 Å². The van der Waals surface area contributed by atoms with E-state index in [1.54, 1.807) is 0 Å². The van der Waals surface area contributed by atoms with Crippen molar-refractivity contribution in [3.8, 4) is 11.1 Å². The summed E-state index contributed by atoms with van der Waals surface area (Å²) in [6.45, 7) is 7.63. The van der Waals surface area contributed by atoms with Crippen LogP contribution in [-0.2, 0) is 49.7 Å². The van der Waals surface area contributed by atoms with Crippen LogP contribution in [0, 0.1) is 0 Å². The molecule has 1 amide bonds. The molecular weight excluding hydrogens is 625 g/mol. The van der Waals surface area contributed by atoms with Crippen LogP contribution in [-0.4, -0.2) is 51.4 Å². The summed E-state index contributed by atoms with van der Waals surface area (Å²) in [5, 5.41) is 0.658. The summed E-state index contributed by atoms with van der Waals surface area (Å²) in [4.78, 5) is 35.7. The highest BCUT2D eigenvalue weighted by molar-refractivity contribution is 6.30. The number of hydrogen-bond acceptors (Lipinski definition) is 4. The average Bonchev–Trinajstić information content (AvgIpc) is 3.57. The molecule has 1 aromatic heterocycles. The second kappa shape index (κ2) is 15.3. The third-order valence-corrected chi connectivity index (χ3v) is 9.22. The van der Waals surface area contributed by atoms with E-state index in [-0.39, 0.29) is 18.0 Å². The Bertz CT molecular complexity index is 1720. The Labute approximate surface area is 278 Å². The maximum atomic E-state index is 14.1. The minimum absolute atomic E-state index is 0.0590. The molecule has 1 aliphatic rings. The predicted molar refractivity (Wildman–Crippen MR) is 179 cm³/mol. The largest absolute Gasteiger partial charge is 0.416 e. The van der Waals surface area contributed by atoms with E-state index in [4.69, 9.17) is 11.6 Å². The fourth-order valence-corrected chi connectivity index (χ4v) is 6.27. The lowest BCUT2D eigenvalue weighted by Gasteiger charge is -2.28. The number of nitrogens with zero attached hydrogens (tertiary/aromatic N) is 4. The van der Waals surface area contributed by atoms with Gasteiger partial charge in [0.05, 0.1) is 5.56 Å². The number of alkyl halides is 3. The molecule has 0 saturated carbocycles. The summed E-state index contributed by atoms with van der Waals surface area (Å²) in [7, 11) is 0. The maximum Gasteiger partial charge on any atom is 0.416 e. The van der Waals surface area contributed by atoms with Crippen molar-refractivity contribution in [1.82, 2.24) is 19.4 Å². The zero-order chi connectivity index (χ0) is 33.6. The molecule has 1 heterocycles. The molecular formula is C37H40ClF3N4O2. The Morgan fingerprint density at radius 1 is 0.851 bits per heavy atom. The smallest absolute Gasteiger partial charge is 0.336 e. The van der Waals surface area contributed by atoms with Crippen molar-refractivity contribution in [1.29, 1.82) is 0 Å². The number of aryl methyl sites for hydroxylation is 2. The van der Waals surface area contributed by atoms with Gasteiger partial charge in [0.25, 0.3) is 5.56 Å². The van der Waals surface area contributed by atoms with E-state index in [0.717, 1.165) is 60.4 Å². The van der Waals surface area contributed by atoms with Gasteiger partial charge < -0.3 is 14.4 Å². The first-order valence-corrected chi connectivity index (χ1v) is 16.6. The van der Waals surface area contributed by atoms with Gasteiger partial charge in [-0.3, -0.25) is 9.59 Å². The minimum atomic E-state index is -4.38. The van der Waals surface area contributed by atoms with Crippen molar-refractivity contribution in [2.45, 2.75) is 65.2 Å². The van der Waals surface area contributed by atoms with Gasteiger partial charge in [-0.25, -0.2) is 0 Å². The van der Waals surface area contributed by atoms with E-state index in [2.05, 4.69) is 23.7 Å². The van der Waals surface area contributed by atoms with Crippen LogP contribution in [0.1, 0.15) is 54.0 Å². The standard InChI is InChI=1S/C37H40ClF3N4O2/c1-3-43(4-2)22-23-44(24-27-8-13-28(14-9-27)29-15-17-30(18-16-29)37(39,40)41)35(46)25-45-33-7-5-6-32(33)36(47)42-34(45)21-12-26-10-19-31(38)20-11-26/h8-11,13-20H,3-7,12,21-25H2,1-2H3. The van der Waals surface area contributed by atoms with Gasteiger partial charge in [-0.05, 0) is 85.3 Å². The van der Waals surface area contributed by atoms with Crippen LogP contribution in [0.2, 0.25) is 5.02 Å². The Hall–Kier alpha value is -3.95. The van der Waals surface area contributed by atoms with E-state index < -0.39 is 11.7 Å². The highest BCUT2D eigenvalue weighted by Crippen LogP contribution is 2.31. The SMILES string of the molecule is CCN(CC)CCN(Cc1ccc(-c2ccc(C(F)(F)F)cc2)cc1)C(=O)Cn1c(CCc2ccc(Cl)cc2)nc(=O)c2c1CCC2. The number of hydrogen-bond donors (Lipinski definition) is 0. The summed E-state index contributed by atoms with van der Waals surface area (Å²) in [5.41, 5.74) is 4.21. The van der Waals surface area contributed by atoms with E-state index in [9.17, 15) is 22.8 Å². The first kappa shape index (κ1) is 34.4. The van der Waals surface area contributed by atoms with E-state index in [1.165, 1.54) is 12.1 Å². The topological polar surface area (TPSA) is 58.4 Å². The number of aromatic nitrogens is 2. The number of carbonyl (C=O) groups excluding carboxylic acids is 1. The maximum absolute atomic E-state index is 14.1. The van der Waals surface area contributed by atoms with Crippen molar-refractivity contribution in [3.05, 3.63) is 122 Å². The quantitative estimate of drug-likeness (QED) is 0.151. The third kappa shape index (κ3) is 8.70. The average molecular weight is 665 g/mol. The van der Waals surface area contributed by atoms with E-state index in [1.807, 2.05) is 58.0 Å². The van der Waals surface area contributed by atoms with Gasteiger partial charge in [0.1, 0.15) is 12.4 Å². The molecule has 0 aliphatic heterocycles. The Balaban J connectivity index is 1.37. The molecule has 6 nitrogen and oxygen atoms in total. The summed E-state index contributed by atoms with van der Waals surface area (Å²) in [6, 6.07) is 20.3. The molecule has 0 saturated heterocycles. The van der Waals surface area contributed by atoms with Crippen molar-refractivity contribution in [3.63, 3.8) is 0 Å². The molecule has 0 bridgehead atoms. The highest BCUT2D eigenvalue weighted by atomic mass is 35.5. The lowest BCUT2D eigenvalue weighted by atomic mass is 10.0. The van der Waals surface area contributed by atoms with Crippen molar-refractivity contribution in [2.75, 3.05) is 26.2 Å². The molecule has 47 heavy (non-hydrogen) atoms. The van der Waals surface area contributed by atoms with Crippen LogP contribution in [0.5, 0.6) is 0 Å². The molecule has 0 atom stereocenters. The van der Waals surface area contributed by atoms with Crippen LogP contribution >= 0.6 is 11.6 Å². The second-order valence-corrected chi connectivity index (χ2v) is 12.4. The molecule has 0 spiro atoms. The number of rotatable bonds is 13. The van der Waals surface area contributed by atoms with Crippen LogP contribution in [0.3, 0.4) is 0 Å². The zero-order valence-electron chi connectivity index (χ0n) is 26.8. The highest BCUT2D eigenvalue weighted by Gasteiger charge is 2.30. The van der Waals surface area contributed by atoms with Gasteiger partial charge in [0.2, 0.25) is 5.91 Å². The Morgan fingerprint density at radius 3 is 2.09 bits per heavy atom. The monoisotopic (exact) mass is 664 g/mol. The number of fused-ring (bicyclic) bond motifs is 1. The van der Waals surface area contributed by atoms with Gasteiger partial charge in [0.15, 0.2) is 0 Å².